The Labute approximate surface area is 141 Å². The average molecular weight is 337 g/mol. The number of oxazole rings is 1. The lowest BCUT2D eigenvalue weighted by Crippen LogP contribution is -2.21. The van der Waals surface area contributed by atoms with Crippen molar-refractivity contribution in [2.24, 2.45) is 4.99 Å². The standard InChI is InChI=1S/C18H15N3O2S/c1-21(2)16-8-7-12(24-16)10-15-18(22)23-17(20-15)14-9-11-5-3-4-6-13(11)19-14/h3-10,20H,1-2H3. The number of hydrogen-bond donors (Lipinski definition) is 1. The van der Waals surface area contributed by atoms with E-state index in [-0.39, 0.29) is 0 Å². The van der Waals surface area contributed by atoms with Crippen LogP contribution in [-0.4, -0.2) is 19.1 Å². The molecule has 0 saturated heterocycles. The second-order valence-corrected chi connectivity index (χ2v) is 6.77. The third kappa shape index (κ3) is 2.61. The van der Waals surface area contributed by atoms with Crippen LogP contribution in [0.1, 0.15) is 4.88 Å². The molecule has 3 aromatic rings. The quantitative estimate of drug-likeness (QED) is 0.724. The van der Waals surface area contributed by atoms with Crippen LogP contribution in [0.4, 0.5) is 5.00 Å². The van der Waals surface area contributed by atoms with Gasteiger partial charge in [-0.1, -0.05) is 18.2 Å². The molecule has 0 spiro atoms. The minimum absolute atomic E-state index is 0.381. The lowest BCUT2D eigenvalue weighted by atomic mass is 10.3. The van der Waals surface area contributed by atoms with Crippen LogP contribution >= 0.6 is 11.3 Å². The SMILES string of the molecule is CN(C)c1ccc(C=c2[nH]c(=C3C=c4ccccc4=N3)oc2=O)s1. The number of benzene rings is 1. The molecule has 0 amide bonds. The summed E-state index contributed by atoms with van der Waals surface area (Å²) in [7, 11) is 3.98. The molecule has 0 bridgehead atoms. The number of fused-ring (bicyclic) bond motifs is 1. The van der Waals surface area contributed by atoms with Crippen molar-refractivity contribution in [2.75, 3.05) is 19.0 Å². The molecule has 4 rings (SSSR count). The largest absolute Gasteiger partial charge is 0.402 e. The van der Waals surface area contributed by atoms with Crippen molar-refractivity contribution in [2.45, 2.75) is 0 Å². The first-order chi connectivity index (χ1) is 11.6. The molecule has 2 aromatic heterocycles. The van der Waals surface area contributed by atoms with Gasteiger partial charge in [0.15, 0.2) is 0 Å². The zero-order valence-electron chi connectivity index (χ0n) is 13.2. The van der Waals surface area contributed by atoms with Gasteiger partial charge < -0.3 is 14.3 Å². The number of nitrogens with one attached hydrogen (secondary N) is 1. The molecule has 1 N–H and O–H groups in total. The number of H-pyrrole nitrogens is 1. The summed E-state index contributed by atoms with van der Waals surface area (Å²) >= 11 is 1.61. The highest BCUT2D eigenvalue weighted by atomic mass is 32.1. The fourth-order valence-electron chi connectivity index (χ4n) is 2.50. The summed E-state index contributed by atoms with van der Waals surface area (Å²) in [6, 6.07) is 11.8. The molecule has 3 heterocycles. The van der Waals surface area contributed by atoms with Crippen molar-refractivity contribution < 1.29 is 4.42 Å². The minimum atomic E-state index is -0.392. The Hall–Kier alpha value is -2.86. The average Bonchev–Trinajstić information content (AvgIpc) is 3.26. The molecule has 1 aliphatic heterocycles. The molecule has 0 atom stereocenters. The molecule has 0 aliphatic carbocycles. The summed E-state index contributed by atoms with van der Waals surface area (Å²) < 4.78 is 5.35. The molecular weight excluding hydrogens is 322 g/mol. The number of aromatic nitrogens is 1. The summed E-state index contributed by atoms with van der Waals surface area (Å²) in [5.74, 6) is 0. The Balaban J connectivity index is 1.84. The fraction of sp³-hybridized carbons (Fsp3) is 0.111. The summed E-state index contributed by atoms with van der Waals surface area (Å²) in [4.78, 5) is 22.7. The van der Waals surface area contributed by atoms with E-state index in [0.29, 0.717) is 16.6 Å². The number of anilines is 1. The summed E-state index contributed by atoms with van der Waals surface area (Å²) in [5, 5.41) is 3.44. The zero-order valence-corrected chi connectivity index (χ0v) is 14.1. The maximum atomic E-state index is 12.1. The number of para-hydroxylation sites is 1. The van der Waals surface area contributed by atoms with Crippen molar-refractivity contribution in [3.8, 4) is 0 Å². The van der Waals surface area contributed by atoms with E-state index in [9.17, 15) is 4.79 Å². The van der Waals surface area contributed by atoms with Gasteiger partial charge in [0.2, 0.25) is 5.55 Å². The van der Waals surface area contributed by atoms with Crippen LogP contribution in [0.5, 0.6) is 0 Å². The van der Waals surface area contributed by atoms with Crippen LogP contribution in [-0.2, 0) is 0 Å². The second-order valence-electron chi connectivity index (χ2n) is 5.67. The van der Waals surface area contributed by atoms with Crippen molar-refractivity contribution >= 4 is 34.2 Å². The van der Waals surface area contributed by atoms with E-state index in [1.807, 2.05) is 61.5 Å². The van der Waals surface area contributed by atoms with Crippen molar-refractivity contribution in [1.82, 2.24) is 4.98 Å². The Morgan fingerprint density at radius 1 is 1.21 bits per heavy atom. The number of rotatable bonds is 2. The van der Waals surface area contributed by atoms with Crippen LogP contribution in [0.15, 0.2) is 50.6 Å². The van der Waals surface area contributed by atoms with Gasteiger partial charge >= 0.3 is 5.63 Å². The molecule has 5 nitrogen and oxygen atoms in total. The van der Waals surface area contributed by atoms with E-state index in [2.05, 4.69) is 9.98 Å². The minimum Gasteiger partial charge on any atom is -0.402 e. The Morgan fingerprint density at radius 2 is 2.04 bits per heavy atom. The molecule has 0 saturated carbocycles. The summed E-state index contributed by atoms with van der Waals surface area (Å²) in [5.41, 5.74) is 0.622. The lowest BCUT2D eigenvalue weighted by molar-refractivity contribution is 0.484. The van der Waals surface area contributed by atoms with Crippen molar-refractivity contribution in [3.63, 3.8) is 0 Å². The molecule has 0 unspecified atom stereocenters. The fourth-order valence-corrected chi connectivity index (χ4v) is 3.37. The van der Waals surface area contributed by atoms with E-state index in [1.165, 1.54) is 0 Å². The molecule has 120 valence electrons. The van der Waals surface area contributed by atoms with Crippen molar-refractivity contribution in [3.05, 3.63) is 73.2 Å². The monoisotopic (exact) mass is 337 g/mol. The molecule has 6 heteroatoms. The first kappa shape index (κ1) is 14.7. The maximum absolute atomic E-state index is 12.1. The Bertz CT molecular complexity index is 1170. The predicted molar refractivity (Wildman–Crippen MR) is 95.9 cm³/mol. The van der Waals surface area contributed by atoms with Crippen LogP contribution in [0.2, 0.25) is 0 Å². The number of thiophene rings is 1. The van der Waals surface area contributed by atoms with Gasteiger partial charge in [0.25, 0.3) is 0 Å². The zero-order chi connectivity index (χ0) is 16.7. The smallest absolute Gasteiger partial charge is 0.361 e. The highest BCUT2D eigenvalue weighted by Gasteiger charge is 2.06. The number of nitrogens with zero attached hydrogens (tertiary/aromatic N) is 2. The van der Waals surface area contributed by atoms with E-state index >= 15 is 0 Å². The Kier molecular flexibility index (Phi) is 3.46. The molecule has 1 aromatic carbocycles. The summed E-state index contributed by atoms with van der Waals surface area (Å²) in [6.45, 7) is 0. The molecule has 0 fully saturated rings. The third-order valence-electron chi connectivity index (χ3n) is 3.71. The van der Waals surface area contributed by atoms with Crippen LogP contribution in [0.25, 0.3) is 17.8 Å². The molecule has 24 heavy (non-hydrogen) atoms. The molecular formula is C18H15N3O2S. The van der Waals surface area contributed by atoms with E-state index < -0.39 is 5.63 Å². The highest BCUT2D eigenvalue weighted by Crippen LogP contribution is 2.24. The van der Waals surface area contributed by atoms with Gasteiger partial charge in [-0.05, 0) is 30.4 Å². The highest BCUT2D eigenvalue weighted by molar-refractivity contribution is 7.16. The van der Waals surface area contributed by atoms with Gasteiger partial charge in [-0.25, -0.2) is 9.79 Å². The predicted octanol–water partition coefficient (Wildman–Crippen LogP) is 0.146. The molecule has 0 radical (unpaired) electrons. The van der Waals surface area contributed by atoms with E-state index in [1.54, 1.807) is 17.4 Å². The second kappa shape index (κ2) is 5.65. The molecule has 1 aliphatic rings. The number of aromatic amines is 1. The lowest BCUT2D eigenvalue weighted by Gasteiger charge is -2.06. The normalized spacial score (nSPS) is 15.8. The topological polar surface area (TPSA) is 61.6 Å². The first-order valence-electron chi connectivity index (χ1n) is 7.48. The third-order valence-corrected chi connectivity index (χ3v) is 4.91. The van der Waals surface area contributed by atoms with Crippen LogP contribution in [0.3, 0.4) is 0 Å². The van der Waals surface area contributed by atoms with Crippen LogP contribution < -0.4 is 32.0 Å². The van der Waals surface area contributed by atoms with E-state index in [0.717, 1.165) is 20.5 Å². The van der Waals surface area contributed by atoms with E-state index in [4.69, 9.17) is 4.42 Å². The van der Waals surface area contributed by atoms with Gasteiger partial charge in [-0.15, -0.1) is 11.3 Å². The van der Waals surface area contributed by atoms with Gasteiger partial charge in [0.1, 0.15) is 11.0 Å². The van der Waals surface area contributed by atoms with Gasteiger partial charge in [0, 0.05) is 24.2 Å². The maximum Gasteiger partial charge on any atom is 0.361 e. The van der Waals surface area contributed by atoms with Gasteiger partial charge in [-0.3, -0.25) is 0 Å². The van der Waals surface area contributed by atoms with Crippen molar-refractivity contribution in [1.29, 1.82) is 0 Å². The summed E-state index contributed by atoms with van der Waals surface area (Å²) in [6.07, 6.45) is 3.71. The van der Waals surface area contributed by atoms with Crippen LogP contribution in [0, 0.1) is 0 Å². The van der Waals surface area contributed by atoms with Gasteiger partial charge in [0.05, 0.1) is 10.4 Å². The number of hydrogen-bond acceptors (Lipinski definition) is 5. The van der Waals surface area contributed by atoms with Gasteiger partial charge in [-0.2, -0.15) is 0 Å². The Morgan fingerprint density at radius 3 is 2.79 bits per heavy atom. The first-order valence-corrected chi connectivity index (χ1v) is 8.30.